The summed E-state index contributed by atoms with van der Waals surface area (Å²) in [5.74, 6) is 1.40. The van der Waals surface area contributed by atoms with Gasteiger partial charge >= 0.3 is 0 Å². The lowest BCUT2D eigenvalue weighted by atomic mass is 10.1. The van der Waals surface area contributed by atoms with Crippen molar-refractivity contribution in [1.29, 1.82) is 0 Å². The minimum absolute atomic E-state index is 0.0955. The summed E-state index contributed by atoms with van der Waals surface area (Å²) in [6.45, 7) is 5.77. The van der Waals surface area contributed by atoms with Crippen LogP contribution in [-0.2, 0) is 0 Å². The molecule has 0 amide bonds. The molecule has 146 valence electrons. The summed E-state index contributed by atoms with van der Waals surface area (Å²) in [4.78, 5) is 26.6. The van der Waals surface area contributed by atoms with Crippen molar-refractivity contribution in [1.82, 2.24) is 19.5 Å². The van der Waals surface area contributed by atoms with Gasteiger partial charge in [0.2, 0.25) is 5.95 Å². The number of hydrogen-bond donors (Lipinski definition) is 2. The summed E-state index contributed by atoms with van der Waals surface area (Å²) in [7, 11) is 0. The molecule has 3 N–H and O–H groups in total. The lowest BCUT2D eigenvalue weighted by Gasteiger charge is -2.21. The fourth-order valence-electron chi connectivity index (χ4n) is 3.40. The van der Waals surface area contributed by atoms with Gasteiger partial charge in [0.25, 0.3) is 5.56 Å². The molecule has 7 heteroatoms. The number of hydrogen-bond acceptors (Lipinski definition) is 6. The van der Waals surface area contributed by atoms with Crippen LogP contribution in [0.2, 0.25) is 0 Å². The zero-order valence-corrected chi connectivity index (χ0v) is 16.5. The van der Waals surface area contributed by atoms with E-state index in [2.05, 4.69) is 15.3 Å². The highest BCUT2D eigenvalue weighted by atomic mass is 16.1. The predicted octanol–water partition coefficient (Wildman–Crippen LogP) is 3.55. The number of anilines is 2. The van der Waals surface area contributed by atoms with Crippen molar-refractivity contribution in [3.8, 4) is 5.69 Å². The molecule has 0 aliphatic heterocycles. The Bertz CT molecular complexity index is 1250. The third-order valence-electron chi connectivity index (χ3n) is 4.88. The van der Waals surface area contributed by atoms with Crippen molar-refractivity contribution < 1.29 is 0 Å². The molecule has 4 aromatic rings. The molecule has 0 saturated heterocycles. The van der Waals surface area contributed by atoms with E-state index in [0.717, 1.165) is 16.8 Å². The standard InChI is InChI=1S/C22H22N6O/c1-13-8-7-11-17-18(13)21(29)28(16-9-5-4-6-10-16)20(26-17)15(3)25-19-14(2)12-24-22(23)27-19/h4-12,15H,1-3H3,(H3,23,24,25,27)/t15-/m1/s1. The third kappa shape index (κ3) is 3.42. The van der Waals surface area contributed by atoms with E-state index in [1.807, 2.05) is 69.3 Å². The van der Waals surface area contributed by atoms with Gasteiger partial charge in [-0.2, -0.15) is 4.98 Å². The number of aromatic nitrogens is 4. The topological polar surface area (TPSA) is 98.7 Å². The number of fused-ring (bicyclic) bond motifs is 1. The molecular formula is C22H22N6O. The second-order valence-electron chi connectivity index (χ2n) is 7.04. The summed E-state index contributed by atoms with van der Waals surface area (Å²) in [5, 5.41) is 3.95. The molecule has 2 heterocycles. The smallest absolute Gasteiger partial charge is 0.266 e. The average Bonchev–Trinajstić information content (AvgIpc) is 2.71. The molecule has 0 aliphatic carbocycles. The minimum Gasteiger partial charge on any atom is -0.368 e. The predicted molar refractivity (Wildman–Crippen MR) is 115 cm³/mol. The van der Waals surface area contributed by atoms with Gasteiger partial charge in [-0.05, 0) is 44.5 Å². The van der Waals surface area contributed by atoms with Gasteiger partial charge in [0.05, 0.1) is 22.6 Å². The Kier molecular flexibility index (Phi) is 4.72. The SMILES string of the molecule is Cc1cnc(N)nc1N[C@H](C)c1nc2cccc(C)c2c(=O)n1-c1ccccc1. The largest absolute Gasteiger partial charge is 0.368 e. The molecule has 0 bridgehead atoms. The Hall–Kier alpha value is -3.74. The quantitative estimate of drug-likeness (QED) is 0.556. The van der Waals surface area contributed by atoms with Gasteiger partial charge in [-0.25, -0.2) is 9.97 Å². The van der Waals surface area contributed by atoms with Gasteiger partial charge in [-0.3, -0.25) is 9.36 Å². The van der Waals surface area contributed by atoms with E-state index in [1.165, 1.54) is 0 Å². The van der Waals surface area contributed by atoms with Gasteiger partial charge in [0, 0.05) is 11.8 Å². The normalized spacial score (nSPS) is 12.1. The number of benzene rings is 2. The number of aryl methyl sites for hydroxylation is 2. The van der Waals surface area contributed by atoms with Crippen LogP contribution in [0, 0.1) is 13.8 Å². The van der Waals surface area contributed by atoms with Crippen molar-refractivity contribution in [2.24, 2.45) is 0 Å². The molecular weight excluding hydrogens is 364 g/mol. The summed E-state index contributed by atoms with van der Waals surface area (Å²) >= 11 is 0. The fourth-order valence-corrected chi connectivity index (χ4v) is 3.40. The number of rotatable bonds is 4. The van der Waals surface area contributed by atoms with E-state index in [-0.39, 0.29) is 17.5 Å². The van der Waals surface area contributed by atoms with Crippen LogP contribution in [0.25, 0.3) is 16.6 Å². The van der Waals surface area contributed by atoms with Crippen LogP contribution in [-0.4, -0.2) is 19.5 Å². The summed E-state index contributed by atoms with van der Waals surface area (Å²) in [5.41, 5.74) is 8.84. The minimum atomic E-state index is -0.305. The Balaban J connectivity index is 1.93. The Morgan fingerprint density at radius 1 is 1.00 bits per heavy atom. The van der Waals surface area contributed by atoms with Crippen LogP contribution < -0.4 is 16.6 Å². The molecule has 2 aromatic carbocycles. The van der Waals surface area contributed by atoms with Crippen LogP contribution in [0.1, 0.15) is 29.9 Å². The van der Waals surface area contributed by atoms with Crippen LogP contribution in [0.5, 0.6) is 0 Å². The van der Waals surface area contributed by atoms with E-state index in [9.17, 15) is 4.79 Å². The van der Waals surface area contributed by atoms with Crippen LogP contribution in [0.3, 0.4) is 0 Å². The van der Waals surface area contributed by atoms with Crippen molar-refractivity contribution in [3.63, 3.8) is 0 Å². The van der Waals surface area contributed by atoms with Gasteiger partial charge in [0.1, 0.15) is 11.6 Å². The molecule has 1 atom stereocenters. The Morgan fingerprint density at radius 2 is 1.76 bits per heavy atom. The van der Waals surface area contributed by atoms with Crippen molar-refractivity contribution in [2.45, 2.75) is 26.8 Å². The van der Waals surface area contributed by atoms with E-state index in [0.29, 0.717) is 22.5 Å². The highest BCUT2D eigenvalue weighted by Crippen LogP contribution is 2.23. The monoisotopic (exact) mass is 386 g/mol. The van der Waals surface area contributed by atoms with E-state index < -0.39 is 0 Å². The van der Waals surface area contributed by atoms with Gasteiger partial charge < -0.3 is 11.1 Å². The maximum atomic E-state index is 13.5. The molecule has 29 heavy (non-hydrogen) atoms. The number of nitrogen functional groups attached to an aromatic ring is 1. The molecule has 0 aliphatic rings. The van der Waals surface area contributed by atoms with E-state index >= 15 is 0 Å². The molecule has 0 radical (unpaired) electrons. The zero-order chi connectivity index (χ0) is 20.5. The van der Waals surface area contributed by atoms with Crippen LogP contribution in [0.15, 0.2) is 59.5 Å². The highest BCUT2D eigenvalue weighted by Gasteiger charge is 2.19. The first-order valence-electron chi connectivity index (χ1n) is 9.39. The Morgan fingerprint density at radius 3 is 2.52 bits per heavy atom. The molecule has 0 spiro atoms. The molecule has 2 aromatic heterocycles. The number of nitrogens with zero attached hydrogens (tertiary/aromatic N) is 4. The van der Waals surface area contributed by atoms with Crippen molar-refractivity contribution in [3.05, 3.63) is 82.0 Å². The Labute approximate surface area is 168 Å². The number of para-hydroxylation sites is 1. The lowest BCUT2D eigenvalue weighted by molar-refractivity contribution is 0.730. The lowest BCUT2D eigenvalue weighted by Crippen LogP contribution is -2.28. The maximum absolute atomic E-state index is 13.5. The van der Waals surface area contributed by atoms with Crippen LogP contribution >= 0.6 is 0 Å². The maximum Gasteiger partial charge on any atom is 0.266 e. The van der Waals surface area contributed by atoms with Crippen molar-refractivity contribution >= 4 is 22.7 Å². The van der Waals surface area contributed by atoms with E-state index in [1.54, 1.807) is 10.8 Å². The molecule has 0 fully saturated rings. The summed E-state index contributed by atoms with van der Waals surface area (Å²) in [6.07, 6.45) is 1.67. The first-order chi connectivity index (χ1) is 14.0. The fraction of sp³-hybridized carbons (Fsp3) is 0.182. The van der Waals surface area contributed by atoms with Crippen LogP contribution in [0.4, 0.5) is 11.8 Å². The van der Waals surface area contributed by atoms with Gasteiger partial charge in [-0.15, -0.1) is 0 Å². The summed E-state index contributed by atoms with van der Waals surface area (Å²) < 4.78 is 1.66. The number of nitrogens with one attached hydrogen (secondary N) is 1. The molecule has 7 nitrogen and oxygen atoms in total. The zero-order valence-electron chi connectivity index (χ0n) is 16.5. The van der Waals surface area contributed by atoms with Gasteiger partial charge in [0.15, 0.2) is 0 Å². The third-order valence-corrected chi connectivity index (χ3v) is 4.88. The molecule has 0 unspecified atom stereocenters. The van der Waals surface area contributed by atoms with E-state index in [4.69, 9.17) is 10.7 Å². The van der Waals surface area contributed by atoms with Gasteiger partial charge in [-0.1, -0.05) is 30.3 Å². The molecule has 4 rings (SSSR count). The average molecular weight is 386 g/mol. The molecule has 0 saturated carbocycles. The first kappa shape index (κ1) is 18.6. The second-order valence-corrected chi connectivity index (χ2v) is 7.04. The number of nitrogens with two attached hydrogens (primary N) is 1. The summed E-state index contributed by atoms with van der Waals surface area (Å²) in [6, 6.07) is 14.9. The van der Waals surface area contributed by atoms with Crippen molar-refractivity contribution in [2.75, 3.05) is 11.1 Å². The first-order valence-corrected chi connectivity index (χ1v) is 9.39. The second kappa shape index (κ2) is 7.35. The highest BCUT2D eigenvalue weighted by molar-refractivity contribution is 5.81.